The van der Waals surface area contributed by atoms with Crippen LogP contribution in [0.2, 0.25) is 0 Å². The lowest BCUT2D eigenvalue weighted by molar-refractivity contribution is -0.136. The van der Waals surface area contributed by atoms with Crippen molar-refractivity contribution < 1.29 is 14.3 Å². The van der Waals surface area contributed by atoms with E-state index in [1.165, 1.54) is 19.0 Å². The monoisotopic (exact) mass is 252 g/mol. The molecular weight excluding hydrogens is 232 g/mol. The maximum atomic E-state index is 10.5. The molecule has 0 atom stereocenters. The topological polar surface area (TPSA) is 66.6 Å². The number of carbonyl (C=O) groups is 1. The average molecular weight is 252 g/mol. The van der Waals surface area contributed by atoms with Crippen LogP contribution in [0, 0.1) is 5.92 Å². The molecule has 2 heterocycles. The number of hydrogen-bond donors (Lipinski definition) is 1. The summed E-state index contributed by atoms with van der Waals surface area (Å²) in [6.07, 6.45) is 4.62. The Labute approximate surface area is 107 Å². The van der Waals surface area contributed by atoms with Crippen molar-refractivity contribution in [2.75, 3.05) is 19.6 Å². The molecule has 1 aromatic rings. The number of piperidine rings is 1. The van der Waals surface area contributed by atoms with Gasteiger partial charge in [-0.25, -0.2) is 4.98 Å². The van der Waals surface area contributed by atoms with Crippen LogP contribution >= 0.6 is 0 Å². The van der Waals surface area contributed by atoms with Crippen LogP contribution in [0.4, 0.5) is 0 Å². The van der Waals surface area contributed by atoms with E-state index in [1.54, 1.807) is 0 Å². The number of aliphatic carboxylic acids is 1. The lowest BCUT2D eigenvalue weighted by Gasteiger charge is -2.30. The quantitative estimate of drug-likeness (QED) is 0.861. The van der Waals surface area contributed by atoms with E-state index in [0.29, 0.717) is 17.6 Å². The van der Waals surface area contributed by atoms with Crippen LogP contribution < -0.4 is 0 Å². The van der Waals surface area contributed by atoms with Crippen LogP contribution in [-0.2, 0) is 17.6 Å². The molecule has 0 radical (unpaired) electrons. The molecule has 0 amide bonds. The summed E-state index contributed by atoms with van der Waals surface area (Å²) in [5.74, 6) is 0.864. The van der Waals surface area contributed by atoms with Crippen molar-refractivity contribution in [3.05, 3.63) is 17.8 Å². The number of carboxylic acids is 1. The van der Waals surface area contributed by atoms with Gasteiger partial charge < -0.3 is 14.4 Å². The van der Waals surface area contributed by atoms with Crippen LogP contribution in [0.5, 0.6) is 0 Å². The van der Waals surface area contributed by atoms with Gasteiger partial charge in [0.05, 0.1) is 6.20 Å². The van der Waals surface area contributed by atoms with Gasteiger partial charge in [0.1, 0.15) is 12.2 Å². The van der Waals surface area contributed by atoms with E-state index in [1.807, 2.05) is 0 Å². The Hall–Kier alpha value is -1.36. The van der Waals surface area contributed by atoms with Crippen LogP contribution in [0.1, 0.15) is 31.4 Å². The fourth-order valence-corrected chi connectivity index (χ4v) is 2.43. The number of aromatic nitrogens is 1. The molecule has 1 aliphatic heterocycles. The SMILES string of the molecule is CCN1CCC(Cc2ncc(CC(=O)O)o2)CC1. The Bertz CT molecular complexity index is 395. The highest BCUT2D eigenvalue weighted by Gasteiger charge is 2.20. The summed E-state index contributed by atoms with van der Waals surface area (Å²) >= 11 is 0. The van der Waals surface area contributed by atoms with Crippen molar-refractivity contribution in [2.45, 2.75) is 32.6 Å². The zero-order valence-electron chi connectivity index (χ0n) is 10.8. The average Bonchev–Trinajstić information content (AvgIpc) is 2.76. The number of hydrogen-bond acceptors (Lipinski definition) is 4. The molecule has 18 heavy (non-hydrogen) atoms. The molecule has 2 rings (SSSR count). The molecule has 1 fully saturated rings. The predicted octanol–water partition coefficient (Wildman–Crippen LogP) is 1.58. The van der Waals surface area contributed by atoms with Gasteiger partial charge in [-0.1, -0.05) is 6.92 Å². The Balaban J connectivity index is 1.83. The van der Waals surface area contributed by atoms with Crippen LogP contribution in [0.15, 0.2) is 10.6 Å². The van der Waals surface area contributed by atoms with Gasteiger partial charge in [0.2, 0.25) is 0 Å². The maximum absolute atomic E-state index is 10.5. The minimum atomic E-state index is -0.881. The van der Waals surface area contributed by atoms with Gasteiger partial charge in [0.25, 0.3) is 0 Å². The van der Waals surface area contributed by atoms with Crippen molar-refractivity contribution in [3.8, 4) is 0 Å². The molecule has 0 bridgehead atoms. The molecule has 0 unspecified atom stereocenters. The van der Waals surface area contributed by atoms with Gasteiger partial charge in [-0.05, 0) is 38.4 Å². The lowest BCUT2D eigenvalue weighted by Crippen LogP contribution is -2.34. The largest absolute Gasteiger partial charge is 0.481 e. The van der Waals surface area contributed by atoms with Crippen molar-refractivity contribution in [3.63, 3.8) is 0 Å². The van der Waals surface area contributed by atoms with Gasteiger partial charge in [-0.3, -0.25) is 4.79 Å². The van der Waals surface area contributed by atoms with Gasteiger partial charge >= 0.3 is 5.97 Å². The second-order valence-corrected chi connectivity index (χ2v) is 4.87. The molecule has 0 aliphatic carbocycles. The summed E-state index contributed by atoms with van der Waals surface area (Å²) in [7, 11) is 0. The number of oxazole rings is 1. The first-order valence-corrected chi connectivity index (χ1v) is 6.55. The molecule has 1 saturated heterocycles. The second-order valence-electron chi connectivity index (χ2n) is 4.87. The molecule has 100 valence electrons. The van der Waals surface area contributed by atoms with E-state index in [-0.39, 0.29) is 6.42 Å². The first-order chi connectivity index (χ1) is 8.67. The highest BCUT2D eigenvalue weighted by Crippen LogP contribution is 2.21. The van der Waals surface area contributed by atoms with Crippen molar-refractivity contribution in [1.29, 1.82) is 0 Å². The van der Waals surface area contributed by atoms with Crippen LogP contribution in [0.25, 0.3) is 0 Å². The highest BCUT2D eigenvalue weighted by atomic mass is 16.4. The third-order valence-corrected chi connectivity index (χ3v) is 3.54. The van der Waals surface area contributed by atoms with Crippen molar-refractivity contribution in [2.24, 2.45) is 5.92 Å². The van der Waals surface area contributed by atoms with E-state index in [0.717, 1.165) is 26.1 Å². The first kappa shape index (κ1) is 13.1. The minimum absolute atomic E-state index is 0.0821. The van der Waals surface area contributed by atoms with E-state index >= 15 is 0 Å². The number of rotatable bonds is 5. The van der Waals surface area contributed by atoms with E-state index < -0.39 is 5.97 Å². The molecule has 0 saturated carbocycles. The molecule has 5 heteroatoms. The van der Waals surface area contributed by atoms with E-state index in [4.69, 9.17) is 9.52 Å². The molecular formula is C13H20N2O3. The molecule has 1 aromatic heterocycles. The van der Waals surface area contributed by atoms with E-state index in [2.05, 4.69) is 16.8 Å². The summed E-state index contributed by atoms with van der Waals surface area (Å²) in [6, 6.07) is 0. The van der Waals surface area contributed by atoms with Crippen LogP contribution in [0.3, 0.4) is 0 Å². The normalized spacial score (nSPS) is 18.1. The van der Waals surface area contributed by atoms with Gasteiger partial charge in [0.15, 0.2) is 5.89 Å². The standard InChI is InChI=1S/C13H20N2O3/c1-2-15-5-3-10(4-6-15)7-12-14-9-11(18-12)8-13(16)17/h9-10H,2-8H2,1H3,(H,16,17). The zero-order valence-corrected chi connectivity index (χ0v) is 10.8. The predicted molar refractivity (Wildman–Crippen MR) is 66.4 cm³/mol. The molecule has 5 nitrogen and oxygen atoms in total. The Morgan fingerprint density at radius 3 is 2.89 bits per heavy atom. The summed E-state index contributed by atoms with van der Waals surface area (Å²) in [5, 5.41) is 8.66. The smallest absolute Gasteiger partial charge is 0.311 e. The fourth-order valence-electron chi connectivity index (χ4n) is 2.43. The van der Waals surface area contributed by atoms with Crippen molar-refractivity contribution in [1.82, 2.24) is 9.88 Å². The molecule has 0 spiro atoms. The highest BCUT2D eigenvalue weighted by molar-refractivity contribution is 5.69. The molecule has 1 N–H and O–H groups in total. The van der Waals surface area contributed by atoms with E-state index in [9.17, 15) is 4.79 Å². The first-order valence-electron chi connectivity index (χ1n) is 6.55. The van der Waals surface area contributed by atoms with Gasteiger partial charge in [-0.2, -0.15) is 0 Å². The van der Waals surface area contributed by atoms with Gasteiger partial charge in [-0.15, -0.1) is 0 Å². The minimum Gasteiger partial charge on any atom is -0.481 e. The number of carboxylic acid groups (broad SMARTS) is 1. The fraction of sp³-hybridized carbons (Fsp3) is 0.692. The number of likely N-dealkylation sites (tertiary alicyclic amines) is 1. The molecule has 1 aliphatic rings. The summed E-state index contributed by atoms with van der Waals surface area (Å²) < 4.78 is 5.44. The Kier molecular flexibility index (Phi) is 4.36. The van der Waals surface area contributed by atoms with Crippen molar-refractivity contribution >= 4 is 5.97 Å². The number of nitrogens with zero attached hydrogens (tertiary/aromatic N) is 2. The second kappa shape index (κ2) is 6.00. The lowest BCUT2D eigenvalue weighted by atomic mass is 9.93. The maximum Gasteiger partial charge on any atom is 0.311 e. The Morgan fingerprint density at radius 2 is 2.28 bits per heavy atom. The van der Waals surface area contributed by atoms with Crippen LogP contribution in [-0.4, -0.2) is 40.6 Å². The molecule has 0 aromatic carbocycles. The summed E-state index contributed by atoms with van der Waals surface area (Å²) in [5.41, 5.74) is 0. The Morgan fingerprint density at radius 1 is 1.56 bits per heavy atom. The third kappa shape index (κ3) is 3.57. The third-order valence-electron chi connectivity index (χ3n) is 3.54. The summed E-state index contributed by atoms with van der Waals surface area (Å²) in [6.45, 7) is 5.59. The van der Waals surface area contributed by atoms with Gasteiger partial charge in [0, 0.05) is 6.42 Å². The summed E-state index contributed by atoms with van der Waals surface area (Å²) in [4.78, 5) is 17.1. The zero-order chi connectivity index (χ0) is 13.0.